The molecule has 0 fully saturated rings. The molecule has 132 valence electrons. The number of para-hydroxylation sites is 1. The summed E-state index contributed by atoms with van der Waals surface area (Å²) in [6.45, 7) is 0.566. The van der Waals surface area contributed by atoms with Crippen molar-refractivity contribution in [2.24, 2.45) is 0 Å². The highest BCUT2D eigenvalue weighted by molar-refractivity contribution is 7.18. The van der Waals surface area contributed by atoms with Gasteiger partial charge in [-0.25, -0.2) is 0 Å². The van der Waals surface area contributed by atoms with Gasteiger partial charge in [-0.05, 0) is 30.3 Å². The van der Waals surface area contributed by atoms with E-state index in [0.717, 1.165) is 17.7 Å². The summed E-state index contributed by atoms with van der Waals surface area (Å²) in [4.78, 5) is 25.1. The molecule has 0 radical (unpaired) electrons. The van der Waals surface area contributed by atoms with E-state index < -0.39 is 0 Å². The van der Waals surface area contributed by atoms with Gasteiger partial charge in [-0.3, -0.25) is 9.59 Å². The molecule has 1 atom stereocenters. The molecule has 1 aliphatic heterocycles. The first-order valence-corrected chi connectivity index (χ1v) is 8.99. The number of carbonyl (C=O) groups excluding carboxylic acids is 2. The van der Waals surface area contributed by atoms with Gasteiger partial charge in [0.2, 0.25) is 0 Å². The molecule has 2 N–H and O–H groups in total. The highest BCUT2D eigenvalue weighted by Crippen LogP contribution is 2.32. The van der Waals surface area contributed by atoms with Crippen molar-refractivity contribution in [2.45, 2.75) is 12.5 Å². The summed E-state index contributed by atoms with van der Waals surface area (Å²) in [7, 11) is 0. The number of fused-ring (bicyclic) bond motifs is 1. The molecule has 6 nitrogen and oxygen atoms in total. The van der Waals surface area contributed by atoms with Crippen molar-refractivity contribution >= 4 is 28.2 Å². The second kappa shape index (κ2) is 7.05. The van der Waals surface area contributed by atoms with Crippen molar-refractivity contribution < 1.29 is 18.7 Å². The molecule has 2 amide bonds. The van der Waals surface area contributed by atoms with E-state index in [1.54, 1.807) is 24.3 Å². The Kier molecular flexibility index (Phi) is 4.45. The Hall–Kier alpha value is -3.06. The Morgan fingerprint density at radius 3 is 2.77 bits per heavy atom. The number of rotatable bonds is 4. The summed E-state index contributed by atoms with van der Waals surface area (Å²) in [5.41, 5.74) is 0.981. The molecule has 1 aliphatic rings. The molecule has 1 aromatic carbocycles. The van der Waals surface area contributed by atoms with Crippen LogP contribution in [0.1, 0.15) is 38.3 Å². The first-order chi connectivity index (χ1) is 12.7. The van der Waals surface area contributed by atoms with Crippen LogP contribution in [0.4, 0.5) is 5.00 Å². The minimum atomic E-state index is -0.345. The average molecular weight is 368 g/mol. The zero-order valence-electron chi connectivity index (χ0n) is 13.7. The van der Waals surface area contributed by atoms with Gasteiger partial charge in [0, 0.05) is 12.0 Å². The molecule has 0 spiro atoms. The van der Waals surface area contributed by atoms with Crippen LogP contribution >= 0.6 is 11.3 Å². The fraction of sp³-hybridized carbons (Fsp3) is 0.158. The summed E-state index contributed by atoms with van der Waals surface area (Å²) in [6, 6.07) is 14.3. The lowest BCUT2D eigenvalue weighted by atomic mass is 10.0. The fourth-order valence-corrected chi connectivity index (χ4v) is 3.63. The normalized spacial score (nSPS) is 15.6. The van der Waals surface area contributed by atoms with Crippen LogP contribution in [-0.2, 0) is 0 Å². The minimum Gasteiger partial charge on any atom is -0.493 e. The van der Waals surface area contributed by atoms with Gasteiger partial charge in [-0.2, -0.15) is 0 Å². The van der Waals surface area contributed by atoms with Gasteiger partial charge in [0.1, 0.15) is 5.75 Å². The lowest BCUT2D eigenvalue weighted by Crippen LogP contribution is -2.31. The van der Waals surface area contributed by atoms with E-state index in [2.05, 4.69) is 10.6 Å². The first-order valence-electron chi connectivity index (χ1n) is 8.18. The summed E-state index contributed by atoms with van der Waals surface area (Å²) in [5.74, 6) is 0.516. The van der Waals surface area contributed by atoms with E-state index in [4.69, 9.17) is 9.15 Å². The second-order valence-corrected chi connectivity index (χ2v) is 6.88. The van der Waals surface area contributed by atoms with Crippen LogP contribution in [0.25, 0.3) is 0 Å². The average Bonchev–Trinajstić information content (AvgIpc) is 3.34. The lowest BCUT2D eigenvalue weighted by Gasteiger charge is -2.26. The molecule has 0 bridgehead atoms. The molecule has 1 unspecified atom stereocenters. The zero-order chi connectivity index (χ0) is 17.9. The van der Waals surface area contributed by atoms with Crippen molar-refractivity contribution in [2.75, 3.05) is 11.9 Å². The quantitative estimate of drug-likeness (QED) is 0.733. The molecule has 0 aliphatic carbocycles. The minimum absolute atomic E-state index is 0.0873. The monoisotopic (exact) mass is 368 g/mol. The van der Waals surface area contributed by atoms with Crippen LogP contribution in [0.2, 0.25) is 0 Å². The molecule has 3 aromatic rings. The molecular formula is C19H16N2O4S. The van der Waals surface area contributed by atoms with E-state index in [1.165, 1.54) is 17.6 Å². The largest absolute Gasteiger partial charge is 0.493 e. The molecule has 0 saturated heterocycles. The summed E-state index contributed by atoms with van der Waals surface area (Å²) in [6.07, 6.45) is 2.16. The zero-order valence-corrected chi connectivity index (χ0v) is 14.5. The van der Waals surface area contributed by atoms with E-state index in [-0.39, 0.29) is 23.6 Å². The smallest absolute Gasteiger partial charge is 0.291 e. The summed E-state index contributed by atoms with van der Waals surface area (Å²) >= 11 is 1.22. The van der Waals surface area contributed by atoms with Gasteiger partial charge < -0.3 is 19.8 Å². The van der Waals surface area contributed by atoms with Crippen LogP contribution in [0.15, 0.2) is 59.2 Å². The van der Waals surface area contributed by atoms with Crippen molar-refractivity contribution in [3.05, 3.63) is 71.0 Å². The molecule has 4 rings (SSSR count). The number of hydrogen-bond acceptors (Lipinski definition) is 5. The van der Waals surface area contributed by atoms with Gasteiger partial charge in [0.15, 0.2) is 5.76 Å². The Labute approximate surface area is 153 Å². The van der Waals surface area contributed by atoms with E-state index in [0.29, 0.717) is 16.5 Å². The lowest BCUT2D eigenvalue weighted by molar-refractivity contribution is 0.0928. The molecule has 26 heavy (non-hydrogen) atoms. The van der Waals surface area contributed by atoms with Gasteiger partial charge in [0.05, 0.1) is 28.8 Å². The third-order valence-electron chi connectivity index (χ3n) is 4.08. The van der Waals surface area contributed by atoms with Crippen molar-refractivity contribution in [3.63, 3.8) is 0 Å². The molecular weight excluding hydrogens is 352 g/mol. The predicted octanol–water partition coefficient (Wildman–Crippen LogP) is 3.85. The number of hydrogen-bond donors (Lipinski definition) is 2. The van der Waals surface area contributed by atoms with Crippen LogP contribution in [0, 0.1) is 0 Å². The molecule has 2 aromatic heterocycles. The van der Waals surface area contributed by atoms with Crippen LogP contribution in [-0.4, -0.2) is 18.4 Å². The van der Waals surface area contributed by atoms with Gasteiger partial charge in [-0.1, -0.05) is 18.2 Å². The highest BCUT2D eigenvalue weighted by Gasteiger charge is 2.23. The SMILES string of the molecule is O=C(Nc1ccc(C(=O)NC2CCOc3ccccc32)s1)c1ccco1. The molecule has 7 heteroatoms. The predicted molar refractivity (Wildman–Crippen MR) is 97.7 cm³/mol. The third-order valence-corrected chi connectivity index (χ3v) is 5.07. The standard InChI is InChI=1S/C19H16N2O4S/c22-18(15-6-3-10-24-15)21-17-8-7-16(26-17)19(23)20-13-9-11-25-14-5-2-1-4-12(13)14/h1-8,10,13H,9,11H2,(H,20,23)(H,21,22). The molecule has 3 heterocycles. The van der Waals surface area contributed by atoms with Crippen LogP contribution in [0.3, 0.4) is 0 Å². The number of nitrogens with one attached hydrogen (secondary N) is 2. The van der Waals surface area contributed by atoms with Crippen molar-refractivity contribution in [3.8, 4) is 5.75 Å². The van der Waals surface area contributed by atoms with E-state index in [1.807, 2.05) is 24.3 Å². The first kappa shape index (κ1) is 16.4. The van der Waals surface area contributed by atoms with Crippen LogP contribution in [0.5, 0.6) is 5.75 Å². The number of amides is 2. The summed E-state index contributed by atoms with van der Waals surface area (Å²) in [5, 5.41) is 6.36. The Bertz CT molecular complexity index is 933. The van der Waals surface area contributed by atoms with E-state index >= 15 is 0 Å². The number of ether oxygens (including phenoxy) is 1. The number of anilines is 1. The second-order valence-electron chi connectivity index (χ2n) is 5.80. The Balaban J connectivity index is 1.43. The summed E-state index contributed by atoms with van der Waals surface area (Å²) < 4.78 is 10.7. The van der Waals surface area contributed by atoms with Crippen molar-refractivity contribution in [1.82, 2.24) is 5.32 Å². The maximum Gasteiger partial charge on any atom is 0.291 e. The van der Waals surface area contributed by atoms with Gasteiger partial charge in [-0.15, -0.1) is 11.3 Å². The number of furan rings is 1. The maximum atomic E-state index is 12.6. The van der Waals surface area contributed by atoms with Crippen molar-refractivity contribution in [1.29, 1.82) is 0 Å². The topological polar surface area (TPSA) is 80.6 Å². The fourth-order valence-electron chi connectivity index (χ4n) is 2.83. The van der Waals surface area contributed by atoms with Gasteiger partial charge in [0.25, 0.3) is 11.8 Å². The Morgan fingerprint density at radius 2 is 1.92 bits per heavy atom. The number of carbonyl (C=O) groups is 2. The molecule has 0 saturated carbocycles. The highest BCUT2D eigenvalue weighted by atomic mass is 32.1. The Morgan fingerprint density at radius 1 is 1.04 bits per heavy atom. The van der Waals surface area contributed by atoms with Gasteiger partial charge >= 0.3 is 0 Å². The van der Waals surface area contributed by atoms with E-state index in [9.17, 15) is 9.59 Å². The number of thiophene rings is 1. The third kappa shape index (κ3) is 3.34. The van der Waals surface area contributed by atoms with Crippen LogP contribution < -0.4 is 15.4 Å². The number of benzene rings is 1. The maximum absolute atomic E-state index is 12.6.